The van der Waals surface area contributed by atoms with Gasteiger partial charge in [-0.3, -0.25) is 9.59 Å². The van der Waals surface area contributed by atoms with Crippen molar-refractivity contribution < 1.29 is 23.9 Å². The van der Waals surface area contributed by atoms with Gasteiger partial charge in [0, 0.05) is 6.42 Å². The second-order valence-corrected chi connectivity index (χ2v) is 5.17. The first-order chi connectivity index (χ1) is 9.86. The third-order valence-electron chi connectivity index (χ3n) is 4.18. The van der Waals surface area contributed by atoms with Gasteiger partial charge in [-0.1, -0.05) is 13.8 Å². The number of carbonyl (C=O) groups excluding carboxylic acids is 2. The van der Waals surface area contributed by atoms with Crippen LogP contribution in [0.3, 0.4) is 0 Å². The predicted molar refractivity (Wildman–Crippen MR) is 73.5 cm³/mol. The average Bonchev–Trinajstić information content (AvgIpc) is 2.69. The van der Waals surface area contributed by atoms with Crippen LogP contribution >= 0.6 is 0 Å². The summed E-state index contributed by atoms with van der Waals surface area (Å²) in [7, 11) is 0. The van der Waals surface area contributed by atoms with Gasteiger partial charge in [0.2, 0.25) is 11.8 Å². The molecule has 6 heteroatoms. The maximum atomic E-state index is 13.4. The Labute approximate surface area is 121 Å². The lowest BCUT2D eigenvalue weighted by Crippen LogP contribution is -2.36. The van der Waals surface area contributed by atoms with E-state index in [9.17, 15) is 18.8 Å². The molecule has 5 nitrogen and oxygen atoms in total. The molecule has 0 saturated carbocycles. The summed E-state index contributed by atoms with van der Waals surface area (Å²) in [5.41, 5.74) is -1.28. The lowest BCUT2D eigenvalue weighted by molar-refractivity contribution is -0.126. The highest BCUT2D eigenvalue weighted by Crippen LogP contribution is 2.42. The third kappa shape index (κ3) is 2.30. The Kier molecular flexibility index (Phi) is 3.80. The van der Waals surface area contributed by atoms with Crippen LogP contribution in [0.25, 0.3) is 0 Å². The first kappa shape index (κ1) is 15.2. The predicted octanol–water partition coefficient (Wildman–Crippen LogP) is 2.59. The van der Waals surface area contributed by atoms with E-state index in [4.69, 9.17) is 5.11 Å². The number of hydrogen-bond acceptors (Lipinski definition) is 3. The summed E-state index contributed by atoms with van der Waals surface area (Å²) >= 11 is 0. The first-order valence-electron chi connectivity index (χ1n) is 6.76. The van der Waals surface area contributed by atoms with Gasteiger partial charge in [0.25, 0.3) is 0 Å². The smallest absolute Gasteiger partial charge is 0.337 e. The van der Waals surface area contributed by atoms with Crippen molar-refractivity contribution in [2.45, 2.75) is 33.1 Å². The zero-order chi connectivity index (χ0) is 15.8. The molecule has 0 aromatic heterocycles. The molecule has 0 aliphatic carbocycles. The number of carboxylic acids is 1. The molecule has 0 spiro atoms. The van der Waals surface area contributed by atoms with E-state index in [0.717, 1.165) is 23.1 Å². The van der Waals surface area contributed by atoms with E-state index < -0.39 is 29.0 Å². The zero-order valence-corrected chi connectivity index (χ0v) is 11.9. The second kappa shape index (κ2) is 5.27. The number of rotatable bonds is 4. The van der Waals surface area contributed by atoms with E-state index >= 15 is 0 Å². The summed E-state index contributed by atoms with van der Waals surface area (Å²) in [6.07, 6.45) is 0.971. The summed E-state index contributed by atoms with van der Waals surface area (Å²) in [4.78, 5) is 36.8. The Bertz CT molecular complexity index is 622. The van der Waals surface area contributed by atoms with E-state index in [-0.39, 0.29) is 17.7 Å². The van der Waals surface area contributed by atoms with Crippen LogP contribution < -0.4 is 4.90 Å². The fraction of sp³-hybridized carbons (Fsp3) is 0.400. The SMILES string of the molecule is CCC1(CC)CC(=O)N(c2cc(F)ccc2C(=O)O)C1=O. The number of amides is 2. The van der Waals surface area contributed by atoms with Gasteiger partial charge in [-0.2, -0.15) is 0 Å². The van der Waals surface area contributed by atoms with Crippen LogP contribution in [0, 0.1) is 11.2 Å². The number of halogens is 1. The van der Waals surface area contributed by atoms with E-state index in [1.807, 2.05) is 13.8 Å². The van der Waals surface area contributed by atoms with Gasteiger partial charge < -0.3 is 5.11 Å². The molecule has 0 bridgehead atoms. The number of nitrogens with zero attached hydrogens (tertiary/aromatic N) is 1. The Hall–Kier alpha value is -2.24. The Morgan fingerprint density at radius 2 is 1.95 bits per heavy atom. The van der Waals surface area contributed by atoms with Crippen LogP contribution in [0.4, 0.5) is 10.1 Å². The molecule has 0 atom stereocenters. The number of carbonyl (C=O) groups is 3. The fourth-order valence-corrected chi connectivity index (χ4v) is 2.71. The second-order valence-electron chi connectivity index (χ2n) is 5.17. The molecule has 1 fully saturated rings. The first-order valence-corrected chi connectivity index (χ1v) is 6.76. The topological polar surface area (TPSA) is 74.7 Å². The van der Waals surface area contributed by atoms with Crippen LogP contribution in [-0.4, -0.2) is 22.9 Å². The van der Waals surface area contributed by atoms with Crippen molar-refractivity contribution in [3.05, 3.63) is 29.6 Å². The minimum atomic E-state index is -1.31. The van der Waals surface area contributed by atoms with Gasteiger partial charge in [0.05, 0.1) is 16.7 Å². The van der Waals surface area contributed by atoms with Crippen LogP contribution in [0.2, 0.25) is 0 Å². The van der Waals surface area contributed by atoms with E-state index in [1.54, 1.807) is 0 Å². The lowest BCUT2D eigenvalue weighted by atomic mass is 9.81. The number of aromatic carboxylic acids is 1. The average molecular weight is 293 g/mol. The molecule has 112 valence electrons. The summed E-state index contributed by atoms with van der Waals surface area (Å²) in [6.45, 7) is 3.61. The van der Waals surface area contributed by atoms with Crippen molar-refractivity contribution in [1.29, 1.82) is 0 Å². The van der Waals surface area contributed by atoms with Gasteiger partial charge in [0.1, 0.15) is 5.82 Å². The summed E-state index contributed by atoms with van der Waals surface area (Å²) in [5, 5.41) is 9.16. The third-order valence-corrected chi connectivity index (χ3v) is 4.18. The van der Waals surface area contributed by atoms with Gasteiger partial charge in [-0.15, -0.1) is 0 Å². The van der Waals surface area contributed by atoms with Crippen LogP contribution in [0.5, 0.6) is 0 Å². The van der Waals surface area contributed by atoms with Crippen molar-refractivity contribution in [1.82, 2.24) is 0 Å². The minimum absolute atomic E-state index is 0.0222. The van der Waals surface area contributed by atoms with Crippen molar-refractivity contribution in [2.75, 3.05) is 4.90 Å². The molecule has 1 aromatic carbocycles. The zero-order valence-electron chi connectivity index (χ0n) is 11.9. The summed E-state index contributed by atoms with van der Waals surface area (Å²) in [6, 6.07) is 2.97. The maximum absolute atomic E-state index is 13.4. The molecule has 1 aromatic rings. The Balaban J connectivity index is 2.57. The van der Waals surface area contributed by atoms with Crippen LogP contribution in [0.15, 0.2) is 18.2 Å². The lowest BCUT2D eigenvalue weighted by Gasteiger charge is -2.24. The highest BCUT2D eigenvalue weighted by molar-refractivity contribution is 6.24. The van der Waals surface area contributed by atoms with Gasteiger partial charge in [-0.25, -0.2) is 14.1 Å². The standard InChI is InChI=1S/C15H16FNO4/c1-3-15(4-2)8-12(18)17(14(15)21)11-7-9(16)5-6-10(11)13(19)20/h5-7H,3-4,8H2,1-2H3,(H,19,20). The molecular formula is C15H16FNO4. The molecule has 1 aliphatic heterocycles. The molecule has 0 unspecified atom stereocenters. The number of imide groups is 1. The van der Waals surface area contributed by atoms with Gasteiger partial charge in [-0.05, 0) is 31.0 Å². The van der Waals surface area contributed by atoms with Gasteiger partial charge in [0.15, 0.2) is 0 Å². The van der Waals surface area contributed by atoms with E-state index in [1.165, 1.54) is 0 Å². The van der Waals surface area contributed by atoms with Crippen molar-refractivity contribution in [2.24, 2.45) is 5.41 Å². The molecule has 1 aliphatic rings. The molecule has 2 amide bonds. The highest BCUT2D eigenvalue weighted by atomic mass is 19.1. The number of benzene rings is 1. The molecular weight excluding hydrogens is 277 g/mol. The summed E-state index contributed by atoms with van der Waals surface area (Å²) < 4.78 is 13.4. The number of hydrogen-bond donors (Lipinski definition) is 1. The quantitative estimate of drug-likeness (QED) is 0.866. The minimum Gasteiger partial charge on any atom is -0.478 e. The normalized spacial score (nSPS) is 17.4. The molecule has 1 heterocycles. The largest absolute Gasteiger partial charge is 0.478 e. The van der Waals surface area contributed by atoms with Crippen molar-refractivity contribution in [3.8, 4) is 0 Å². The van der Waals surface area contributed by atoms with Gasteiger partial charge >= 0.3 is 5.97 Å². The maximum Gasteiger partial charge on any atom is 0.337 e. The van der Waals surface area contributed by atoms with E-state index in [2.05, 4.69) is 0 Å². The number of anilines is 1. The fourth-order valence-electron chi connectivity index (χ4n) is 2.71. The summed E-state index contributed by atoms with van der Waals surface area (Å²) in [5.74, 6) is -2.94. The van der Waals surface area contributed by atoms with Crippen molar-refractivity contribution >= 4 is 23.5 Å². The molecule has 0 radical (unpaired) electrons. The molecule has 1 N–H and O–H groups in total. The van der Waals surface area contributed by atoms with Crippen LogP contribution in [0.1, 0.15) is 43.5 Å². The van der Waals surface area contributed by atoms with Crippen LogP contribution in [-0.2, 0) is 9.59 Å². The number of carboxylic acid groups (broad SMARTS) is 1. The molecule has 2 rings (SSSR count). The highest BCUT2D eigenvalue weighted by Gasteiger charge is 2.50. The Morgan fingerprint density at radius 1 is 1.33 bits per heavy atom. The van der Waals surface area contributed by atoms with Crippen molar-refractivity contribution in [3.63, 3.8) is 0 Å². The molecule has 21 heavy (non-hydrogen) atoms. The molecule has 1 saturated heterocycles. The van der Waals surface area contributed by atoms with E-state index in [0.29, 0.717) is 12.8 Å². The Morgan fingerprint density at radius 3 is 2.43 bits per heavy atom. The monoisotopic (exact) mass is 293 g/mol.